The quantitative estimate of drug-likeness (QED) is 0.478. The molecule has 11 heteroatoms. The summed E-state index contributed by atoms with van der Waals surface area (Å²) in [6.07, 6.45) is 3.78. The number of anilines is 2. The van der Waals surface area contributed by atoms with Crippen LogP contribution in [0, 0.1) is 6.92 Å². The van der Waals surface area contributed by atoms with Crippen molar-refractivity contribution in [1.82, 2.24) is 9.88 Å². The Kier molecular flexibility index (Phi) is 7.46. The number of rotatable bonds is 6. The average molecular weight is 517 g/mol. The molecule has 0 spiro atoms. The van der Waals surface area contributed by atoms with Crippen molar-refractivity contribution in [2.45, 2.75) is 37.5 Å². The molecule has 1 saturated heterocycles. The number of benzene rings is 2. The van der Waals surface area contributed by atoms with E-state index >= 15 is 0 Å². The van der Waals surface area contributed by atoms with E-state index in [1.54, 1.807) is 47.4 Å². The lowest BCUT2D eigenvalue weighted by atomic mass is 10.1. The van der Waals surface area contributed by atoms with E-state index < -0.39 is 10.0 Å². The summed E-state index contributed by atoms with van der Waals surface area (Å²) in [6.45, 7) is 3.19. The van der Waals surface area contributed by atoms with E-state index in [0.717, 1.165) is 36.3 Å². The Labute approximate surface area is 208 Å². The van der Waals surface area contributed by atoms with E-state index in [1.165, 1.54) is 18.4 Å². The number of nitrogens with zero attached hydrogens (tertiary/aromatic N) is 2. The minimum Gasteiger partial charge on any atom is -0.495 e. The second-order valence-electron chi connectivity index (χ2n) is 8.23. The van der Waals surface area contributed by atoms with Crippen LogP contribution in [0.2, 0.25) is 0 Å². The molecule has 1 aliphatic heterocycles. The highest BCUT2D eigenvalue weighted by atomic mass is 32.2. The summed E-state index contributed by atoms with van der Waals surface area (Å²) in [5.41, 5.74) is 7.53. The highest BCUT2D eigenvalue weighted by molar-refractivity contribution is 7.92. The number of carbonyl (C=O) groups is 1. The van der Waals surface area contributed by atoms with Crippen molar-refractivity contribution >= 4 is 38.3 Å². The van der Waals surface area contributed by atoms with Gasteiger partial charge < -0.3 is 20.1 Å². The lowest BCUT2D eigenvalue weighted by Gasteiger charge is -2.19. The zero-order chi connectivity index (χ0) is 25.0. The van der Waals surface area contributed by atoms with Crippen LogP contribution in [0.4, 0.5) is 15.6 Å². The lowest BCUT2D eigenvalue weighted by molar-refractivity contribution is 0.154. The predicted molar refractivity (Wildman–Crippen MR) is 137 cm³/mol. The Morgan fingerprint density at radius 3 is 2.37 bits per heavy atom. The molecule has 0 saturated carbocycles. The van der Waals surface area contributed by atoms with Gasteiger partial charge in [-0.1, -0.05) is 24.2 Å². The fourth-order valence-corrected chi connectivity index (χ4v) is 6.02. The normalized spacial score (nSPS) is 14.3. The third-order valence-corrected chi connectivity index (χ3v) is 8.14. The number of sulfonamides is 1. The summed E-state index contributed by atoms with van der Waals surface area (Å²) in [4.78, 5) is 19.1. The number of thiazole rings is 1. The monoisotopic (exact) mass is 516 g/mol. The van der Waals surface area contributed by atoms with Crippen LogP contribution < -0.4 is 19.9 Å². The van der Waals surface area contributed by atoms with Crippen molar-refractivity contribution in [3.05, 3.63) is 48.2 Å². The Morgan fingerprint density at radius 1 is 1.09 bits per heavy atom. The third kappa shape index (κ3) is 5.85. The van der Waals surface area contributed by atoms with Crippen molar-refractivity contribution in [2.24, 2.45) is 0 Å². The van der Waals surface area contributed by atoms with E-state index in [9.17, 15) is 13.2 Å². The van der Waals surface area contributed by atoms with Crippen LogP contribution in [-0.2, 0) is 10.0 Å². The van der Waals surface area contributed by atoms with Crippen LogP contribution in [0.25, 0.3) is 10.4 Å². The Morgan fingerprint density at radius 2 is 1.77 bits per heavy atom. The molecule has 3 N–H and O–H groups in total. The standard InChI is InChI=1S/C24H28N4O5S2/c1-16-22(34-23(25)26-16)17-7-12-20(32-2)21(15-17)35(30,31)27-18-8-10-19(11-9-18)33-24(29)28-13-5-3-4-6-14-28/h7-12,15,27H,3-6,13-14H2,1-2H3,(H2,25,26). The van der Waals surface area contributed by atoms with Gasteiger partial charge in [0.25, 0.3) is 10.0 Å². The highest BCUT2D eigenvalue weighted by Crippen LogP contribution is 2.36. The first kappa shape index (κ1) is 24.8. The molecule has 4 rings (SSSR count). The van der Waals surface area contributed by atoms with Crippen molar-refractivity contribution in [3.63, 3.8) is 0 Å². The van der Waals surface area contributed by atoms with Gasteiger partial charge in [0.2, 0.25) is 0 Å². The van der Waals surface area contributed by atoms with E-state index in [-0.39, 0.29) is 16.7 Å². The topological polar surface area (TPSA) is 124 Å². The van der Waals surface area contributed by atoms with Gasteiger partial charge in [-0.3, -0.25) is 4.72 Å². The number of carbonyl (C=O) groups excluding carboxylic acids is 1. The first-order valence-electron chi connectivity index (χ1n) is 11.3. The molecule has 3 aromatic rings. The summed E-state index contributed by atoms with van der Waals surface area (Å²) in [7, 11) is -2.57. The first-order valence-corrected chi connectivity index (χ1v) is 13.6. The number of likely N-dealkylation sites (tertiary alicyclic amines) is 1. The molecule has 0 aliphatic carbocycles. The molecule has 1 aliphatic rings. The second kappa shape index (κ2) is 10.5. The van der Waals surface area contributed by atoms with Crippen molar-refractivity contribution in [3.8, 4) is 21.9 Å². The minimum atomic E-state index is -3.99. The summed E-state index contributed by atoms with van der Waals surface area (Å²) in [5.74, 6) is 0.555. The molecule has 1 amide bonds. The molecule has 35 heavy (non-hydrogen) atoms. The van der Waals surface area contributed by atoms with Gasteiger partial charge in [-0.05, 0) is 67.8 Å². The molecule has 0 radical (unpaired) electrons. The Balaban J connectivity index is 1.51. The molecular formula is C24H28N4O5S2. The fraction of sp³-hybridized carbons (Fsp3) is 0.333. The maximum atomic E-state index is 13.2. The molecule has 0 atom stereocenters. The number of amides is 1. The molecule has 2 aromatic carbocycles. The van der Waals surface area contributed by atoms with Crippen LogP contribution in [0.15, 0.2) is 47.4 Å². The summed E-state index contributed by atoms with van der Waals surface area (Å²) < 4.78 is 39.8. The zero-order valence-electron chi connectivity index (χ0n) is 19.6. The average Bonchev–Trinajstić information content (AvgIpc) is 3.02. The number of hydrogen-bond donors (Lipinski definition) is 2. The summed E-state index contributed by atoms with van der Waals surface area (Å²) in [6, 6.07) is 11.1. The van der Waals surface area contributed by atoms with Crippen LogP contribution in [-0.4, -0.2) is 44.6 Å². The van der Waals surface area contributed by atoms with Gasteiger partial charge in [-0.25, -0.2) is 18.2 Å². The maximum Gasteiger partial charge on any atom is 0.415 e. The number of methoxy groups -OCH3 is 1. The second-order valence-corrected chi connectivity index (χ2v) is 10.9. The third-order valence-electron chi connectivity index (χ3n) is 5.70. The minimum absolute atomic E-state index is 0.0134. The molecule has 9 nitrogen and oxygen atoms in total. The SMILES string of the molecule is COc1ccc(-c2sc(N)nc2C)cc1S(=O)(=O)Nc1ccc(OC(=O)N2CCCCCC2)cc1. The first-order chi connectivity index (χ1) is 16.8. The van der Waals surface area contributed by atoms with Gasteiger partial charge in [0, 0.05) is 18.8 Å². The van der Waals surface area contributed by atoms with E-state index in [1.807, 2.05) is 6.92 Å². The lowest BCUT2D eigenvalue weighted by Crippen LogP contribution is -2.34. The summed E-state index contributed by atoms with van der Waals surface area (Å²) in [5, 5.41) is 0.410. The molecule has 1 aromatic heterocycles. The van der Waals surface area contributed by atoms with E-state index in [4.69, 9.17) is 15.2 Å². The molecule has 2 heterocycles. The van der Waals surface area contributed by atoms with E-state index in [2.05, 4.69) is 9.71 Å². The number of aromatic nitrogens is 1. The fourth-order valence-electron chi connectivity index (χ4n) is 3.93. The van der Waals surface area contributed by atoms with Gasteiger partial charge in [0.1, 0.15) is 16.4 Å². The maximum absolute atomic E-state index is 13.2. The van der Waals surface area contributed by atoms with E-state index in [0.29, 0.717) is 35.2 Å². The van der Waals surface area contributed by atoms with Crippen LogP contribution in [0.5, 0.6) is 11.5 Å². The van der Waals surface area contributed by atoms with Gasteiger partial charge in [-0.15, -0.1) is 0 Å². The number of hydrogen-bond acceptors (Lipinski definition) is 8. The molecular weight excluding hydrogens is 488 g/mol. The number of nitrogens with two attached hydrogens (primary N) is 1. The summed E-state index contributed by atoms with van der Waals surface area (Å²) >= 11 is 1.29. The predicted octanol–water partition coefficient (Wildman–Crippen LogP) is 4.88. The Bertz CT molecular complexity index is 1300. The number of nitrogen functional groups attached to an aromatic ring is 1. The highest BCUT2D eigenvalue weighted by Gasteiger charge is 2.22. The molecule has 186 valence electrons. The number of nitrogens with one attached hydrogen (secondary N) is 1. The van der Waals surface area contributed by atoms with Crippen molar-refractivity contribution in [2.75, 3.05) is 30.7 Å². The largest absolute Gasteiger partial charge is 0.495 e. The van der Waals surface area contributed by atoms with Crippen LogP contribution >= 0.6 is 11.3 Å². The number of aryl methyl sites for hydroxylation is 1. The number of ether oxygens (including phenoxy) is 2. The molecule has 0 unspecified atom stereocenters. The van der Waals surface area contributed by atoms with Crippen molar-refractivity contribution < 1.29 is 22.7 Å². The van der Waals surface area contributed by atoms with Gasteiger partial charge in [0.05, 0.1) is 17.7 Å². The van der Waals surface area contributed by atoms with Gasteiger partial charge in [-0.2, -0.15) is 0 Å². The van der Waals surface area contributed by atoms with Crippen LogP contribution in [0.3, 0.4) is 0 Å². The van der Waals surface area contributed by atoms with Crippen molar-refractivity contribution in [1.29, 1.82) is 0 Å². The van der Waals surface area contributed by atoms with Crippen LogP contribution in [0.1, 0.15) is 31.4 Å². The van der Waals surface area contributed by atoms with Gasteiger partial charge >= 0.3 is 6.09 Å². The zero-order valence-corrected chi connectivity index (χ0v) is 21.2. The smallest absolute Gasteiger partial charge is 0.415 e. The Hall–Kier alpha value is -3.31. The molecule has 0 bridgehead atoms. The molecule has 1 fully saturated rings. The van der Waals surface area contributed by atoms with Gasteiger partial charge in [0.15, 0.2) is 5.13 Å².